The van der Waals surface area contributed by atoms with Crippen LogP contribution in [-0.4, -0.2) is 140 Å². The second kappa shape index (κ2) is 61.6. The molecule has 2 aliphatic heterocycles. The molecule has 2 rings (SSSR count). The van der Waals surface area contributed by atoms with Crippen LogP contribution in [0.4, 0.5) is 0 Å². The molecule has 9 N–H and O–H groups in total. The van der Waals surface area contributed by atoms with E-state index >= 15 is 0 Å². The SMILES string of the molecule is CCCCCCCCCCCCCCCCCCCCCCCCCCCCCCCCC(O)C(COC1OC(CO)C(OC2OC(CO)C(O)C(O)C2O)C(O)C1O)NC(=O)CCCCCCCCCCCCCCCCCCCCCCCCCCCC. The third-order valence-electron chi connectivity index (χ3n) is 19.8. The van der Waals surface area contributed by atoms with Crippen molar-refractivity contribution in [2.24, 2.45) is 0 Å². The van der Waals surface area contributed by atoms with E-state index in [4.69, 9.17) is 18.9 Å². The van der Waals surface area contributed by atoms with Gasteiger partial charge in [-0.15, -0.1) is 0 Å². The van der Waals surface area contributed by atoms with Crippen LogP contribution in [0.5, 0.6) is 0 Å². The van der Waals surface area contributed by atoms with E-state index < -0.39 is 86.8 Å². The smallest absolute Gasteiger partial charge is 0.220 e. The van der Waals surface area contributed by atoms with Gasteiger partial charge in [-0.25, -0.2) is 0 Å². The fourth-order valence-corrected chi connectivity index (χ4v) is 13.6. The van der Waals surface area contributed by atoms with Crippen molar-refractivity contribution < 1.29 is 64.6 Å². The Morgan fingerprint density at radius 1 is 0.356 bits per heavy atom. The number of rotatable bonds is 67. The van der Waals surface area contributed by atoms with Crippen LogP contribution < -0.4 is 5.32 Å². The van der Waals surface area contributed by atoms with Gasteiger partial charge in [-0.3, -0.25) is 4.79 Å². The standard InChI is InChI=1S/C76H149NO13/c1-3-5-7-9-11-13-15-17-19-21-23-25-27-29-31-32-33-34-35-37-39-41-43-45-47-49-51-53-55-57-59-65(80)64(63-87-75-73(86)71(84)74(67(62-79)89-75)90-76-72(85)70(83)69(82)66(61-78)88-76)77-68(81)60-58-56-54-52-50-48-46-44-42-40-38-36-30-28-26-24-22-20-18-16-14-12-10-8-6-4-2/h64-67,69-76,78-80,82-86H,3-63H2,1-2H3,(H,77,81). The lowest BCUT2D eigenvalue weighted by molar-refractivity contribution is -0.359. The van der Waals surface area contributed by atoms with E-state index in [0.717, 1.165) is 51.4 Å². The average Bonchev–Trinajstić information content (AvgIpc) is 2.49. The summed E-state index contributed by atoms with van der Waals surface area (Å²) in [6, 6.07) is -0.825. The van der Waals surface area contributed by atoms with Crippen molar-refractivity contribution in [2.75, 3.05) is 19.8 Å². The van der Waals surface area contributed by atoms with Crippen LogP contribution in [0.1, 0.15) is 386 Å². The molecule has 12 unspecified atom stereocenters. The molecule has 2 aliphatic rings. The number of ether oxygens (including phenoxy) is 4. The normalized spacial score (nSPS) is 22.8. The number of aliphatic hydroxyl groups is 8. The van der Waals surface area contributed by atoms with Gasteiger partial charge in [0.2, 0.25) is 5.91 Å². The second-order valence-corrected chi connectivity index (χ2v) is 28.2. The van der Waals surface area contributed by atoms with E-state index in [-0.39, 0.29) is 12.5 Å². The second-order valence-electron chi connectivity index (χ2n) is 28.2. The zero-order chi connectivity index (χ0) is 65.2. The Hall–Kier alpha value is -1.01. The Kier molecular flexibility index (Phi) is 58.2. The van der Waals surface area contributed by atoms with Crippen molar-refractivity contribution in [2.45, 2.75) is 460 Å². The van der Waals surface area contributed by atoms with E-state index in [1.165, 1.54) is 308 Å². The summed E-state index contributed by atoms with van der Waals surface area (Å²) in [4.78, 5) is 13.4. The number of unbranched alkanes of at least 4 members (excludes halogenated alkanes) is 54. The molecule has 0 aromatic heterocycles. The highest BCUT2D eigenvalue weighted by atomic mass is 16.7. The molecule has 14 nitrogen and oxygen atoms in total. The fraction of sp³-hybridized carbons (Fsp3) is 0.987. The van der Waals surface area contributed by atoms with E-state index in [1.54, 1.807) is 0 Å². The summed E-state index contributed by atoms with van der Waals surface area (Å²) in [5, 5.41) is 87.8. The quantitative estimate of drug-likeness (QED) is 0.0259. The first-order valence-electron chi connectivity index (χ1n) is 39.3. The lowest BCUT2D eigenvalue weighted by atomic mass is 9.97. The minimum absolute atomic E-state index is 0.195. The minimum Gasteiger partial charge on any atom is -0.394 e. The van der Waals surface area contributed by atoms with Crippen LogP contribution >= 0.6 is 0 Å². The molecule has 12 atom stereocenters. The summed E-state index contributed by atoms with van der Waals surface area (Å²) in [7, 11) is 0. The first-order valence-corrected chi connectivity index (χ1v) is 39.3. The summed E-state index contributed by atoms with van der Waals surface area (Å²) in [6.45, 7) is 2.95. The Balaban J connectivity index is 1.61. The Morgan fingerprint density at radius 3 is 0.944 bits per heavy atom. The van der Waals surface area contributed by atoms with Gasteiger partial charge in [-0.1, -0.05) is 367 Å². The van der Waals surface area contributed by atoms with Crippen molar-refractivity contribution >= 4 is 5.91 Å². The molecule has 0 bridgehead atoms. The monoisotopic (exact) mass is 1280 g/mol. The molecule has 14 heteroatoms. The molecule has 1 amide bonds. The first-order chi connectivity index (χ1) is 44.1. The Labute approximate surface area is 553 Å². The van der Waals surface area contributed by atoms with Crippen molar-refractivity contribution in [1.29, 1.82) is 0 Å². The predicted octanol–water partition coefficient (Wildman–Crippen LogP) is 17.1. The molecular formula is C76H149NO13. The number of amides is 1. The molecule has 0 spiro atoms. The summed E-state index contributed by atoms with van der Waals surface area (Å²) >= 11 is 0. The predicted molar refractivity (Wildman–Crippen MR) is 369 cm³/mol. The fourth-order valence-electron chi connectivity index (χ4n) is 13.6. The van der Waals surface area contributed by atoms with Crippen LogP contribution in [0, 0.1) is 0 Å². The van der Waals surface area contributed by atoms with Crippen molar-refractivity contribution in [3.05, 3.63) is 0 Å². The molecule has 2 fully saturated rings. The molecular weight excluding hydrogens is 1130 g/mol. The summed E-state index contributed by atoms with van der Waals surface area (Å²) in [5.74, 6) is -0.195. The van der Waals surface area contributed by atoms with Gasteiger partial charge in [-0.2, -0.15) is 0 Å². The van der Waals surface area contributed by atoms with E-state index in [2.05, 4.69) is 19.2 Å². The molecule has 536 valence electrons. The maximum Gasteiger partial charge on any atom is 0.220 e. The molecule has 2 heterocycles. The van der Waals surface area contributed by atoms with Gasteiger partial charge in [0.15, 0.2) is 12.6 Å². The number of carbonyl (C=O) groups is 1. The molecule has 2 saturated heterocycles. The third-order valence-corrected chi connectivity index (χ3v) is 19.8. The van der Waals surface area contributed by atoms with Crippen molar-refractivity contribution in [3.63, 3.8) is 0 Å². The zero-order valence-corrected chi connectivity index (χ0v) is 58.7. The zero-order valence-electron chi connectivity index (χ0n) is 58.7. The van der Waals surface area contributed by atoms with Crippen LogP contribution in [0.3, 0.4) is 0 Å². The van der Waals surface area contributed by atoms with Gasteiger partial charge in [0, 0.05) is 6.42 Å². The van der Waals surface area contributed by atoms with Crippen LogP contribution in [0.15, 0.2) is 0 Å². The third kappa shape index (κ3) is 44.7. The minimum atomic E-state index is -1.78. The molecule has 90 heavy (non-hydrogen) atoms. The molecule has 0 saturated carbocycles. The van der Waals surface area contributed by atoms with Crippen molar-refractivity contribution in [1.82, 2.24) is 5.32 Å². The average molecular weight is 1290 g/mol. The van der Waals surface area contributed by atoms with Crippen LogP contribution in [0.25, 0.3) is 0 Å². The van der Waals surface area contributed by atoms with E-state index in [1.807, 2.05) is 0 Å². The number of aliphatic hydroxyl groups excluding tert-OH is 8. The van der Waals surface area contributed by atoms with Gasteiger partial charge >= 0.3 is 0 Å². The summed E-state index contributed by atoms with van der Waals surface area (Å²) in [5.41, 5.74) is 0. The van der Waals surface area contributed by atoms with Crippen LogP contribution in [-0.2, 0) is 23.7 Å². The summed E-state index contributed by atoms with van der Waals surface area (Å²) < 4.78 is 23.0. The number of hydrogen-bond donors (Lipinski definition) is 9. The lowest BCUT2D eigenvalue weighted by Crippen LogP contribution is -2.65. The largest absolute Gasteiger partial charge is 0.394 e. The lowest BCUT2D eigenvalue weighted by Gasteiger charge is -2.46. The van der Waals surface area contributed by atoms with Gasteiger partial charge in [0.25, 0.3) is 0 Å². The first kappa shape index (κ1) is 85.1. The number of hydrogen-bond acceptors (Lipinski definition) is 13. The Morgan fingerprint density at radius 2 is 0.633 bits per heavy atom. The maximum atomic E-state index is 13.4. The van der Waals surface area contributed by atoms with Crippen LogP contribution in [0.2, 0.25) is 0 Å². The highest BCUT2D eigenvalue weighted by Gasteiger charge is 2.51. The highest BCUT2D eigenvalue weighted by Crippen LogP contribution is 2.30. The molecule has 0 aliphatic carbocycles. The van der Waals surface area contributed by atoms with E-state index in [0.29, 0.717) is 12.8 Å². The van der Waals surface area contributed by atoms with Gasteiger partial charge < -0.3 is 65.1 Å². The van der Waals surface area contributed by atoms with Crippen molar-refractivity contribution in [3.8, 4) is 0 Å². The number of nitrogens with one attached hydrogen (secondary N) is 1. The Bertz CT molecular complexity index is 1510. The summed E-state index contributed by atoms with van der Waals surface area (Å²) in [6.07, 6.45) is 58.6. The number of carbonyl (C=O) groups excluding carboxylic acids is 1. The highest BCUT2D eigenvalue weighted by molar-refractivity contribution is 5.76. The molecule has 0 radical (unpaired) electrons. The molecule has 0 aromatic rings. The van der Waals surface area contributed by atoms with Gasteiger partial charge in [-0.05, 0) is 12.8 Å². The topological polar surface area (TPSA) is 228 Å². The van der Waals surface area contributed by atoms with E-state index in [9.17, 15) is 45.6 Å². The van der Waals surface area contributed by atoms with Gasteiger partial charge in [0.05, 0.1) is 32.0 Å². The van der Waals surface area contributed by atoms with Gasteiger partial charge in [0.1, 0.15) is 48.8 Å². The maximum absolute atomic E-state index is 13.4. The molecule has 0 aromatic carbocycles.